The summed E-state index contributed by atoms with van der Waals surface area (Å²) >= 11 is 0. The molecule has 2 aliphatic rings. The minimum atomic E-state index is -0.0352. The van der Waals surface area contributed by atoms with Gasteiger partial charge in [-0.1, -0.05) is 12.1 Å². The van der Waals surface area contributed by atoms with Gasteiger partial charge >= 0.3 is 0 Å². The highest BCUT2D eigenvalue weighted by molar-refractivity contribution is 5.97. The lowest BCUT2D eigenvalue weighted by Crippen LogP contribution is -2.50. The van der Waals surface area contributed by atoms with Crippen molar-refractivity contribution >= 4 is 11.7 Å². The van der Waals surface area contributed by atoms with Gasteiger partial charge in [-0.3, -0.25) is 4.79 Å². The number of aromatic nitrogens is 5. The number of rotatable bonds is 3. The van der Waals surface area contributed by atoms with E-state index in [4.69, 9.17) is 0 Å². The van der Waals surface area contributed by atoms with Crippen LogP contribution >= 0.6 is 0 Å². The zero-order valence-corrected chi connectivity index (χ0v) is 16.3. The average molecular weight is 400 g/mol. The molecular formula is C21H20N8O. The van der Waals surface area contributed by atoms with Crippen LogP contribution in [0.15, 0.2) is 48.9 Å². The van der Waals surface area contributed by atoms with Gasteiger partial charge in [-0.25, -0.2) is 4.98 Å². The molecule has 1 amide bonds. The number of anilines is 1. The number of tetrazole rings is 1. The van der Waals surface area contributed by atoms with Crippen LogP contribution in [0.3, 0.4) is 0 Å². The molecule has 30 heavy (non-hydrogen) atoms. The normalized spacial score (nSPS) is 20.6. The van der Waals surface area contributed by atoms with Crippen molar-refractivity contribution < 1.29 is 4.79 Å². The van der Waals surface area contributed by atoms with Gasteiger partial charge in [0.25, 0.3) is 5.91 Å². The van der Waals surface area contributed by atoms with Gasteiger partial charge in [0.05, 0.1) is 23.2 Å². The minimum absolute atomic E-state index is 0.0352. The lowest BCUT2D eigenvalue weighted by molar-refractivity contribution is 0.0678. The molecule has 2 fully saturated rings. The molecule has 3 aromatic rings. The lowest BCUT2D eigenvalue weighted by atomic mass is 9.91. The van der Waals surface area contributed by atoms with Crippen LogP contribution in [0.2, 0.25) is 0 Å². The summed E-state index contributed by atoms with van der Waals surface area (Å²) in [6, 6.07) is 13.2. The summed E-state index contributed by atoms with van der Waals surface area (Å²) in [6.07, 6.45) is 5.05. The van der Waals surface area contributed by atoms with Gasteiger partial charge < -0.3 is 9.80 Å². The van der Waals surface area contributed by atoms with Crippen molar-refractivity contribution in [1.29, 1.82) is 5.26 Å². The Hall–Kier alpha value is -3.80. The lowest BCUT2D eigenvalue weighted by Gasteiger charge is -2.39. The second-order valence-corrected chi connectivity index (χ2v) is 7.61. The van der Waals surface area contributed by atoms with Crippen LogP contribution in [0.5, 0.6) is 0 Å². The molecule has 0 unspecified atom stereocenters. The molecule has 150 valence electrons. The van der Waals surface area contributed by atoms with E-state index in [9.17, 15) is 10.1 Å². The van der Waals surface area contributed by atoms with Crippen LogP contribution < -0.4 is 4.90 Å². The highest BCUT2D eigenvalue weighted by Gasteiger charge is 2.40. The number of nitrogens with zero attached hydrogens (tertiary/aromatic N) is 8. The molecule has 2 aromatic heterocycles. The number of pyridine rings is 1. The molecule has 0 saturated carbocycles. The van der Waals surface area contributed by atoms with Crippen LogP contribution in [0.25, 0.3) is 5.69 Å². The smallest absolute Gasteiger partial charge is 0.256 e. The Bertz CT molecular complexity index is 1110. The summed E-state index contributed by atoms with van der Waals surface area (Å²) in [6.45, 7) is 2.23. The van der Waals surface area contributed by atoms with Crippen LogP contribution in [0.4, 0.5) is 5.82 Å². The van der Waals surface area contributed by atoms with Crippen molar-refractivity contribution in [1.82, 2.24) is 30.1 Å². The number of para-hydroxylation sites is 1. The van der Waals surface area contributed by atoms with Crippen molar-refractivity contribution in [3.05, 3.63) is 60.0 Å². The first-order valence-corrected chi connectivity index (χ1v) is 9.99. The number of hydrogen-bond donors (Lipinski definition) is 0. The predicted octanol–water partition coefficient (Wildman–Crippen LogP) is 1.67. The van der Waals surface area contributed by atoms with E-state index in [1.807, 2.05) is 29.2 Å². The van der Waals surface area contributed by atoms with E-state index in [1.54, 1.807) is 18.3 Å². The van der Waals surface area contributed by atoms with Crippen molar-refractivity contribution in [2.45, 2.75) is 18.9 Å². The Morgan fingerprint density at radius 3 is 2.87 bits per heavy atom. The third-order valence-electron chi connectivity index (χ3n) is 6.02. The summed E-state index contributed by atoms with van der Waals surface area (Å²) in [7, 11) is 0. The maximum Gasteiger partial charge on any atom is 0.256 e. The van der Waals surface area contributed by atoms with Crippen LogP contribution in [-0.4, -0.2) is 61.7 Å². The fourth-order valence-electron chi connectivity index (χ4n) is 4.53. The van der Waals surface area contributed by atoms with E-state index in [2.05, 4.69) is 31.4 Å². The van der Waals surface area contributed by atoms with Crippen LogP contribution in [-0.2, 0) is 0 Å². The Labute approximate surface area is 173 Å². The molecule has 5 rings (SSSR count). The van der Waals surface area contributed by atoms with Crippen molar-refractivity contribution in [2.75, 3.05) is 24.5 Å². The fraction of sp³-hybridized carbons (Fsp3) is 0.333. The second kappa shape index (κ2) is 7.55. The van der Waals surface area contributed by atoms with Crippen molar-refractivity contribution in [3.8, 4) is 11.8 Å². The largest absolute Gasteiger partial charge is 0.352 e. The summed E-state index contributed by atoms with van der Waals surface area (Å²) in [5, 5.41) is 21.0. The van der Waals surface area contributed by atoms with Crippen molar-refractivity contribution in [3.63, 3.8) is 0 Å². The molecule has 0 N–H and O–H groups in total. The van der Waals surface area contributed by atoms with E-state index in [0.717, 1.165) is 31.7 Å². The van der Waals surface area contributed by atoms with E-state index in [1.165, 1.54) is 11.1 Å². The van der Waals surface area contributed by atoms with Gasteiger partial charge in [0.2, 0.25) is 0 Å². The Kier molecular flexibility index (Phi) is 4.59. The number of benzene rings is 1. The minimum Gasteiger partial charge on any atom is -0.352 e. The van der Waals surface area contributed by atoms with E-state index in [0.29, 0.717) is 29.3 Å². The van der Waals surface area contributed by atoms with E-state index < -0.39 is 0 Å². The molecule has 2 aliphatic heterocycles. The molecule has 9 nitrogen and oxygen atoms in total. The topological polar surface area (TPSA) is 104 Å². The first-order valence-electron chi connectivity index (χ1n) is 9.99. The Morgan fingerprint density at radius 2 is 2.03 bits per heavy atom. The second-order valence-electron chi connectivity index (χ2n) is 7.61. The molecule has 0 spiro atoms. The monoisotopic (exact) mass is 400 g/mol. The van der Waals surface area contributed by atoms with Gasteiger partial charge in [-0.2, -0.15) is 5.26 Å². The fourth-order valence-corrected chi connectivity index (χ4v) is 4.53. The number of piperidine rings is 1. The number of amides is 1. The Balaban J connectivity index is 1.40. The molecular weight excluding hydrogens is 380 g/mol. The van der Waals surface area contributed by atoms with Gasteiger partial charge in [0.15, 0.2) is 6.33 Å². The average Bonchev–Trinajstić information content (AvgIpc) is 3.48. The number of hydrogen-bond acceptors (Lipinski definition) is 7. The summed E-state index contributed by atoms with van der Waals surface area (Å²) in [5.41, 5.74) is 1.78. The number of carbonyl (C=O) groups excluding carboxylic acids is 1. The molecule has 0 radical (unpaired) electrons. The molecule has 0 bridgehead atoms. The van der Waals surface area contributed by atoms with E-state index in [-0.39, 0.29) is 11.9 Å². The van der Waals surface area contributed by atoms with Gasteiger partial charge in [0.1, 0.15) is 11.5 Å². The van der Waals surface area contributed by atoms with Gasteiger partial charge in [0, 0.05) is 25.8 Å². The quantitative estimate of drug-likeness (QED) is 0.659. The SMILES string of the molecule is N#Cc1ccnc(N2CC[C@H]3CCN(C(=O)c4ccccc4-n4ncnn4)C[C@H]32)c1. The van der Waals surface area contributed by atoms with Crippen LogP contribution in [0, 0.1) is 17.2 Å². The van der Waals surface area contributed by atoms with Crippen molar-refractivity contribution in [2.24, 2.45) is 5.92 Å². The maximum absolute atomic E-state index is 13.4. The Morgan fingerprint density at radius 1 is 1.17 bits per heavy atom. The highest BCUT2D eigenvalue weighted by atomic mass is 16.2. The number of nitriles is 1. The van der Waals surface area contributed by atoms with Crippen LogP contribution in [0.1, 0.15) is 28.8 Å². The summed E-state index contributed by atoms with van der Waals surface area (Å²) < 4.78 is 0. The highest BCUT2D eigenvalue weighted by Crippen LogP contribution is 2.35. The third kappa shape index (κ3) is 3.16. The molecule has 2 atom stereocenters. The van der Waals surface area contributed by atoms with Gasteiger partial charge in [-0.15, -0.1) is 15.0 Å². The number of fused-ring (bicyclic) bond motifs is 1. The zero-order chi connectivity index (χ0) is 20.5. The first-order chi connectivity index (χ1) is 14.7. The summed E-state index contributed by atoms with van der Waals surface area (Å²) in [4.78, 5) is 23.4. The number of carbonyl (C=O) groups is 1. The third-order valence-corrected chi connectivity index (χ3v) is 6.02. The summed E-state index contributed by atoms with van der Waals surface area (Å²) in [5.74, 6) is 1.30. The maximum atomic E-state index is 13.4. The standard InChI is InChI=1S/C21H20N8O/c22-12-15-5-8-23-20(11-15)28-10-7-16-6-9-27(13-19(16)28)21(30)17-3-1-2-4-18(17)29-25-14-24-26-29/h1-5,8,11,14,16,19H,6-7,9-10,13H2/t16-,19-/m1/s1. The molecule has 2 saturated heterocycles. The molecule has 9 heteroatoms. The molecule has 4 heterocycles. The molecule has 0 aliphatic carbocycles. The number of likely N-dealkylation sites (tertiary alicyclic amines) is 1. The van der Waals surface area contributed by atoms with Gasteiger partial charge in [-0.05, 0) is 48.2 Å². The van der Waals surface area contributed by atoms with E-state index >= 15 is 0 Å². The first kappa shape index (κ1) is 18.2. The predicted molar refractivity (Wildman–Crippen MR) is 108 cm³/mol. The molecule has 1 aromatic carbocycles. The zero-order valence-electron chi connectivity index (χ0n) is 16.3.